The van der Waals surface area contributed by atoms with E-state index in [2.05, 4.69) is 29.6 Å². The highest BCUT2D eigenvalue weighted by molar-refractivity contribution is 5.84. The van der Waals surface area contributed by atoms with Gasteiger partial charge in [-0.2, -0.15) is 0 Å². The zero-order valence-electron chi connectivity index (χ0n) is 20.0. The molecule has 2 aromatic carbocycles. The van der Waals surface area contributed by atoms with E-state index in [0.29, 0.717) is 19.5 Å². The highest BCUT2D eigenvalue weighted by Gasteiger charge is 2.29. The highest BCUT2D eigenvalue weighted by atomic mass is 16.5. The van der Waals surface area contributed by atoms with Gasteiger partial charge in [-0.25, -0.2) is 4.79 Å². The number of carboxylic acid groups (broad SMARTS) is 1. The molecule has 0 bridgehead atoms. The molecule has 8 nitrogen and oxygen atoms in total. The summed E-state index contributed by atoms with van der Waals surface area (Å²) in [6.07, 6.45) is -0.119. The molecule has 1 aliphatic rings. The summed E-state index contributed by atoms with van der Waals surface area (Å²) in [6, 6.07) is 16.2. The first kappa shape index (κ1) is 25.2. The number of fused-ring (bicyclic) bond motifs is 3. The number of alkyl carbamates (subject to hydrolysis) is 1. The molecule has 0 saturated carbocycles. The summed E-state index contributed by atoms with van der Waals surface area (Å²) in [6.45, 7) is 2.61. The lowest BCUT2D eigenvalue weighted by atomic mass is 9.98. The van der Waals surface area contributed by atoms with Crippen LogP contribution in [0.25, 0.3) is 11.1 Å². The van der Waals surface area contributed by atoms with Gasteiger partial charge in [-0.1, -0.05) is 55.5 Å². The first-order valence-corrected chi connectivity index (χ1v) is 11.6. The van der Waals surface area contributed by atoms with Gasteiger partial charge in [0.05, 0.1) is 5.92 Å². The SMILES string of the molecule is CCC(CNC(=O)OCC1c2ccccc2-c2ccccc21)C(=O)N(CCN(C)C)CC(=O)O. The minimum absolute atomic E-state index is 0.0427. The third-order valence-corrected chi connectivity index (χ3v) is 6.13. The van der Waals surface area contributed by atoms with Crippen molar-refractivity contribution in [1.82, 2.24) is 15.1 Å². The van der Waals surface area contributed by atoms with Gasteiger partial charge in [0.1, 0.15) is 13.2 Å². The van der Waals surface area contributed by atoms with Gasteiger partial charge in [-0.05, 0) is 42.8 Å². The Morgan fingerprint density at radius 1 is 1.00 bits per heavy atom. The number of ether oxygens (including phenoxy) is 1. The van der Waals surface area contributed by atoms with E-state index in [9.17, 15) is 19.5 Å². The Morgan fingerprint density at radius 2 is 1.59 bits per heavy atom. The zero-order chi connectivity index (χ0) is 24.7. The van der Waals surface area contributed by atoms with Crippen molar-refractivity contribution >= 4 is 18.0 Å². The van der Waals surface area contributed by atoms with Crippen molar-refractivity contribution in [2.45, 2.75) is 19.3 Å². The van der Waals surface area contributed by atoms with E-state index < -0.39 is 18.0 Å². The van der Waals surface area contributed by atoms with Crippen LogP contribution in [0.3, 0.4) is 0 Å². The summed E-state index contributed by atoms with van der Waals surface area (Å²) in [4.78, 5) is 39.8. The number of aliphatic carboxylic acids is 1. The number of nitrogens with zero attached hydrogens (tertiary/aromatic N) is 2. The summed E-state index contributed by atoms with van der Waals surface area (Å²) in [5.41, 5.74) is 4.56. The van der Waals surface area contributed by atoms with Crippen molar-refractivity contribution in [3.05, 3.63) is 59.7 Å². The topological polar surface area (TPSA) is 99.2 Å². The summed E-state index contributed by atoms with van der Waals surface area (Å²) < 4.78 is 5.54. The molecule has 1 aliphatic carbocycles. The molecule has 2 amide bonds. The van der Waals surface area contributed by atoms with E-state index in [4.69, 9.17) is 4.74 Å². The van der Waals surface area contributed by atoms with Crippen molar-refractivity contribution < 1.29 is 24.2 Å². The smallest absolute Gasteiger partial charge is 0.407 e. The van der Waals surface area contributed by atoms with Crippen LogP contribution in [0.15, 0.2) is 48.5 Å². The van der Waals surface area contributed by atoms with E-state index in [1.165, 1.54) is 4.90 Å². The lowest BCUT2D eigenvalue weighted by molar-refractivity contribution is -0.146. The number of carbonyl (C=O) groups excluding carboxylic acids is 2. The summed E-state index contributed by atoms with van der Waals surface area (Å²) in [5, 5.41) is 11.9. The third-order valence-electron chi connectivity index (χ3n) is 6.13. The molecule has 2 N–H and O–H groups in total. The average molecular weight is 468 g/mol. The summed E-state index contributed by atoms with van der Waals surface area (Å²) in [7, 11) is 3.72. The fraction of sp³-hybridized carbons (Fsp3) is 0.423. The number of carboxylic acids is 1. The monoisotopic (exact) mass is 467 g/mol. The van der Waals surface area contributed by atoms with Gasteiger partial charge >= 0.3 is 12.1 Å². The predicted octanol–water partition coefficient (Wildman–Crippen LogP) is 3.03. The van der Waals surface area contributed by atoms with Crippen molar-refractivity contribution in [2.75, 3.05) is 46.9 Å². The second-order valence-electron chi connectivity index (χ2n) is 8.77. The summed E-state index contributed by atoms with van der Waals surface area (Å²) in [5.74, 6) is -1.92. The Labute approximate surface area is 200 Å². The van der Waals surface area contributed by atoms with Gasteiger partial charge < -0.3 is 25.0 Å². The fourth-order valence-corrected chi connectivity index (χ4v) is 4.27. The Hall–Kier alpha value is -3.39. The average Bonchev–Trinajstić information content (AvgIpc) is 3.14. The molecule has 8 heteroatoms. The Kier molecular flexibility index (Phi) is 8.65. The van der Waals surface area contributed by atoms with Crippen LogP contribution in [0.5, 0.6) is 0 Å². The largest absolute Gasteiger partial charge is 0.480 e. The normalized spacial score (nSPS) is 13.2. The molecule has 0 aliphatic heterocycles. The molecule has 1 unspecified atom stereocenters. The first-order valence-electron chi connectivity index (χ1n) is 11.6. The molecule has 0 radical (unpaired) electrons. The minimum Gasteiger partial charge on any atom is -0.480 e. The lowest BCUT2D eigenvalue weighted by Crippen LogP contribution is -2.45. The van der Waals surface area contributed by atoms with E-state index in [1.54, 1.807) is 0 Å². The van der Waals surface area contributed by atoms with E-state index >= 15 is 0 Å². The Balaban J connectivity index is 1.57. The van der Waals surface area contributed by atoms with Crippen LogP contribution in [0, 0.1) is 5.92 Å². The lowest BCUT2D eigenvalue weighted by Gasteiger charge is -2.27. The molecule has 0 saturated heterocycles. The number of likely N-dealkylation sites (N-methyl/N-ethyl adjacent to an activating group) is 1. The number of benzene rings is 2. The van der Waals surface area contributed by atoms with Gasteiger partial charge in [0.2, 0.25) is 5.91 Å². The third kappa shape index (κ3) is 6.14. The molecule has 34 heavy (non-hydrogen) atoms. The quantitative estimate of drug-likeness (QED) is 0.527. The van der Waals surface area contributed by atoms with E-state index in [-0.39, 0.29) is 31.5 Å². The van der Waals surface area contributed by atoms with Crippen LogP contribution in [0.1, 0.15) is 30.4 Å². The second kappa shape index (κ2) is 11.7. The highest BCUT2D eigenvalue weighted by Crippen LogP contribution is 2.44. The maximum absolute atomic E-state index is 12.9. The number of rotatable bonds is 11. The number of hydrogen-bond donors (Lipinski definition) is 2. The molecule has 0 heterocycles. The molecule has 182 valence electrons. The molecule has 2 aromatic rings. The summed E-state index contributed by atoms with van der Waals surface area (Å²) >= 11 is 0. The minimum atomic E-state index is -1.06. The number of amides is 2. The maximum Gasteiger partial charge on any atom is 0.407 e. The first-order chi connectivity index (χ1) is 16.3. The van der Waals surface area contributed by atoms with Crippen LogP contribution in [-0.2, 0) is 14.3 Å². The molecular weight excluding hydrogens is 434 g/mol. The Bertz CT molecular complexity index is 978. The number of carbonyl (C=O) groups is 3. The van der Waals surface area contributed by atoms with Gasteiger partial charge in [0.15, 0.2) is 0 Å². The maximum atomic E-state index is 12.9. The van der Waals surface area contributed by atoms with Crippen molar-refractivity contribution in [2.24, 2.45) is 5.92 Å². The zero-order valence-corrected chi connectivity index (χ0v) is 20.0. The van der Waals surface area contributed by atoms with Crippen molar-refractivity contribution in [3.63, 3.8) is 0 Å². The molecule has 1 atom stereocenters. The van der Waals surface area contributed by atoms with Crippen molar-refractivity contribution in [3.8, 4) is 11.1 Å². The molecule has 0 fully saturated rings. The van der Waals surface area contributed by atoms with Gasteiger partial charge in [-0.15, -0.1) is 0 Å². The van der Waals surface area contributed by atoms with Crippen LogP contribution in [-0.4, -0.2) is 79.8 Å². The standard InChI is InChI=1S/C26H33N3O5/c1-4-18(25(32)29(16-24(30)31)14-13-28(2)3)15-27-26(33)34-17-23-21-11-7-5-9-19(21)20-10-6-8-12-22(20)23/h5-12,18,23H,4,13-17H2,1-3H3,(H,27,33)(H,30,31). The van der Waals surface area contributed by atoms with Crippen LogP contribution in [0.4, 0.5) is 4.79 Å². The molecule has 3 rings (SSSR count). The van der Waals surface area contributed by atoms with Crippen molar-refractivity contribution in [1.29, 1.82) is 0 Å². The number of hydrogen-bond acceptors (Lipinski definition) is 5. The molecule has 0 spiro atoms. The van der Waals surface area contributed by atoms with Crippen LogP contribution >= 0.6 is 0 Å². The van der Waals surface area contributed by atoms with Crippen LogP contribution < -0.4 is 5.32 Å². The van der Waals surface area contributed by atoms with E-state index in [1.807, 2.05) is 50.2 Å². The second-order valence-corrected chi connectivity index (χ2v) is 8.77. The fourth-order valence-electron chi connectivity index (χ4n) is 4.27. The molecular formula is C26H33N3O5. The number of nitrogens with one attached hydrogen (secondary N) is 1. The molecule has 0 aromatic heterocycles. The van der Waals surface area contributed by atoms with Gasteiger partial charge in [0, 0.05) is 25.6 Å². The van der Waals surface area contributed by atoms with Gasteiger partial charge in [0.25, 0.3) is 0 Å². The van der Waals surface area contributed by atoms with Gasteiger partial charge in [-0.3, -0.25) is 9.59 Å². The predicted molar refractivity (Wildman–Crippen MR) is 130 cm³/mol. The van der Waals surface area contributed by atoms with E-state index in [0.717, 1.165) is 22.3 Å². The van der Waals surface area contributed by atoms with Crippen LogP contribution in [0.2, 0.25) is 0 Å². The Morgan fingerprint density at radius 3 is 2.12 bits per heavy atom.